The fourth-order valence-electron chi connectivity index (χ4n) is 2.08. The summed E-state index contributed by atoms with van der Waals surface area (Å²) >= 11 is 0. The number of esters is 2. The molecule has 0 aliphatic carbocycles. The Morgan fingerprint density at radius 2 is 1.41 bits per heavy atom. The molecule has 146 valence electrons. The van der Waals surface area contributed by atoms with Gasteiger partial charge in [0, 0.05) is 13.3 Å². The molecule has 0 amide bonds. The quantitative estimate of drug-likeness (QED) is 0.810. The highest BCUT2D eigenvalue weighted by atomic mass is 16.6. The Kier molecular flexibility index (Phi) is 8.62. The topological polar surface area (TPSA) is 95.7 Å². The highest BCUT2D eigenvalue weighted by Gasteiger charge is 2.24. The third kappa shape index (κ3) is 9.51. The van der Waals surface area contributed by atoms with Crippen molar-refractivity contribution >= 4 is 28.5 Å². The molecule has 0 bridgehead atoms. The second-order valence-corrected chi connectivity index (χ2v) is 7.01. The van der Waals surface area contributed by atoms with Crippen LogP contribution in [0.15, 0.2) is 48.5 Å². The van der Waals surface area contributed by atoms with Crippen LogP contribution < -0.4 is 5.73 Å². The number of hydrogen-bond donors (Lipinski definition) is 1. The second kappa shape index (κ2) is 10.4. The molecular weight excluding hydrogens is 346 g/mol. The van der Waals surface area contributed by atoms with Crippen molar-refractivity contribution in [3.63, 3.8) is 0 Å². The van der Waals surface area contributed by atoms with Crippen molar-refractivity contribution in [2.45, 2.75) is 45.8 Å². The standard InChI is InChI=1S/C11H19NO5.C10H8/c1-7(13)16-6-8(14)5-9(12)10(15)17-11(2,3)4;1-2-6-10-8-4-3-7-9(10)5-1/h9H,5-6,12H2,1-4H3;1-8H. The highest BCUT2D eigenvalue weighted by Crippen LogP contribution is 2.11. The lowest BCUT2D eigenvalue weighted by Gasteiger charge is -2.21. The average molecular weight is 373 g/mol. The zero-order chi connectivity index (χ0) is 20.4. The first-order chi connectivity index (χ1) is 12.6. The van der Waals surface area contributed by atoms with E-state index in [9.17, 15) is 14.4 Å². The van der Waals surface area contributed by atoms with E-state index in [-0.39, 0.29) is 13.0 Å². The summed E-state index contributed by atoms with van der Waals surface area (Å²) in [4.78, 5) is 33.1. The monoisotopic (exact) mass is 373 g/mol. The maximum Gasteiger partial charge on any atom is 0.323 e. The molecule has 0 spiro atoms. The van der Waals surface area contributed by atoms with E-state index in [1.54, 1.807) is 20.8 Å². The Bertz CT molecular complexity index is 714. The number of ether oxygens (including phenoxy) is 2. The lowest BCUT2D eigenvalue weighted by molar-refractivity contribution is -0.157. The van der Waals surface area contributed by atoms with E-state index in [2.05, 4.69) is 53.3 Å². The van der Waals surface area contributed by atoms with Gasteiger partial charge in [0.25, 0.3) is 0 Å². The zero-order valence-corrected chi connectivity index (χ0v) is 16.2. The molecule has 0 aromatic heterocycles. The smallest absolute Gasteiger partial charge is 0.323 e. The molecule has 6 heteroatoms. The molecule has 0 aliphatic rings. The van der Waals surface area contributed by atoms with Crippen LogP contribution in [0.1, 0.15) is 34.1 Å². The molecule has 1 unspecified atom stereocenters. The fourth-order valence-corrected chi connectivity index (χ4v) is 2.08. The molecule has 0 saturated heterocycles. The minimum absolute atomic E-state index is 0.206. The van der Waals surface area contributed by atoms with Gasteiger partial charge in [-0.25, -0.2) is 0 Å². The Hall–Kier alpha value is -2.73. The first kappa shape index (κ1) is 22.3. The summed E-state index contributed by atoms with van der Waals surface area (Å²) in [6.07, 6.45) is -0.206. The number of carbonyl (C=O) groups excluding carboxylic acids is 3. The van der Waals surface area contributed by atoms with Gasteiger partial charge in [0.1, 0.15) is 18.2 Å². The summed E-state index contributed by atoms with van der Waals surface area (Å²) in [5.74, 6) is -1.61. The van der Waals surface area contributed by atoms with Crippen molar-refractivity contribution in [3.8, 4) is 0 Å². The van der Waals surface area contributed by atoms with Gasteiger partial charge in [-0.15, -0.1) is 0 Å². The molecule has 2 N–H and O–H groups in total. The number of hydrogen-bond acceptors (Lipinski definition) is 6. The van der Waals surface area contributed by atoms with Crippen LogP contribution in [0.3, 0.4) is 0 Å². The van der Waals surface area contributed by atoms with Gasteiger partial charge in [-0.05, 0) is 31.5 Å². The highest BCUT2D eigenvalue weighted by molar-refractivity contribution is 5.88. The third-order valence-corrected chi connectivity index (χ3v) is 3.25. The van der Waals surface area contributed by atoms with Crippen molar-refractivity contribution in [2.24, 2.45) is 5.73 Å². The Morgan fingerprint density at radius 1 is 0.963 bits per heavy atom. The van der Waals surface area contributed by atoms with Gasteiger partial charge >= 0.3 is 11.9 Å². The van der Waals surface area contributed by atoms with Crippen molar-refractivity contribution in [1.82, 2.24) is 0 Å². The van der Waals surface area contributed by atoms with Crippen LogP contribution in [-0.4, -0.2) is 36.0 Å². The summed E-state index contributed by atoms with van der Waals surface area (Å²) in [6.45, 7) is 5.95. The molecule has 0 aliphatic heterocycles. The SMILES string of the molecule is CC(=O)OCC(=O)CC(N)C(=O)OC(C)(C)C.c1ccc2ccccc2c1. The van der Waals surface area contributed by atoms with Crippen LogP contribution in [0.5, 0.6) is 0 Å². The van der Waals surface area contributed by atoms with Crippen LogP contribution in [0, 0.1) is 0 Å². The van der Waals surface area contributed by atoms with Crippen LogP contribution in [-0.2, 0) is 23.9 Å². The molecule has 6 nitrogen and oxygen atoms in total. The molecule has 2 aromatic carbocycles. The van der Waals surface area contributed by atoms with Crippen LogP contribution in [0.2, 0.25) is 0 Å². The number of nitrogens with two attached hydrogens (primary N) is 1. The van der Waals surface area contributed by atoms with Gasteiger partial charge in [0.2, 0.25) is 0 Å². The Labute approximate surface area is 159 Å². The number of fused-ring (bicyclic) bond motifs is 1. The summed E-state index contributed by atoms with van der Waals surface area (Å²) in [6, 6.07) is 15.7. The lowest BCUT2D eigenvalue weighted by atomic mass is 10.1. The minimum Gasteiger partial charge on any atom is -0.459 e. The zero-order valence-electron chi connectivity index (χ0n) is 16.2. The maximum absolute atomic E-state index is 11.4. The first-order valence-corrected chi connectivity index (χ1v) is 8.66. The first-order valence-electron chi connectivity index (χ1n) is 8.66. The van der Waals surface area contributed by atoms with Crippen LogP contribution >= 0.6 is 0 Å². The summed E-state index contributed by atoms with van der Waals surface area (Å²) in [7, 11) is 0. The second-order valence-electron chi connectivity index (χ2n) is 7.01. The van der Waals surface area contributed by atoms with Crippen LogP contribution in [0.4, 0.5) is 0 Å². The number of benzene rings is 2. The Morgan fingerprint density at radius 3 is 1.78 bits per heavy atom. The van der Waals surface area contributed by atoms with E-state index >= 15 is 0 Å². The number of carbonyl (C=O) groups is 3. The summed E-state index contributed by atoms with van der Waals surface area (Å²) in [5.41, 5.74) is 4.85. The molecule has 0 radical (unpaired) electrons. The van der Waals surface area contributed by atoms with E-state index in [0.717, 1.165) is 0 Å². The largest absolute Gasteiger partial charge is 0.459 e. The number of rotatable bonds is 5. The Balaban J connectivity index is 0.000000303. The van der Waals surface area contributed by atoms with Gasteiger partial charge in [-0.1, -0.05) is 48.5 Å². The van der Waals surface area contributed by atoms with Crippen molar-refractivity contribution in [2.75, 3.05) is 6.61 Å². The van der Waals surface area contributed by atoms with Gasteiger partial charge in [-0.2, -0.15) is 0 Å². The van der Waals surface area contributed by atoms with E-state index < -0.39 is 29.4 Å². The van der Waals surface area contributed by atoms with Crippen LogP contribution in [0.25, 0.3) is 10.8 Å². The van der Waals surface area contributed by atoms with E-state index in [1.807, 2.05) is 0 Å². The van der Waals surface area contributed by atoms with Crippen molar-refractivity contribution < 1.29 is 23.9 Å². The molecule has 2 rings (SSSR count). The van der Waals surface area contributed by atoms with Gasteiger partial charge in [0.15, 0.2) is 5.78 Å². The minimum atomic E-state index is -1.03. The number of Topliss-reactive ketones (excluding diaryl/α,β-unsaturated/α-hetero) is 1. The molecule has 0 heterocycles. The third-order valence-electron chi connectivity index (χ3n) is 3.25. The molecule has 0 fully saturated rings. The summed E-state index contributed by atoms with van der Waals surface area (Å²) in [5, 5.41) is 2.62. The number of ketones is 1. The molecule has 1 atom stereocenters. The van der Waals surface area contributed by atoms with E-state index in [0.29, 0.717) is 0 Å². The van der Waals surface area contributed by atoms with Gasteiger partial charge < -0.3 is 15.2 Å². The van der Waals surface area contributed by atoms with E-state index in [4.69, 9.17) is 10.5 Å². The predicted molar refractivity (Wildman–Crippen MR) is 104 cm³/mol. The van der Waals surface area contributed by atoms with Crippen molar-refractivity contribution in [3.05, 3.63) is 48.5 Å². The molecule has 2 aromatic rings. The van der Waals surface area contributed by atoms with E-state index in [1.165, 1.54) is 17.7 Å². The molecule has 27 heavy (non-hydrogen) atoms. The fraction of sp³-hybridized carbons (Fsp3) is 0.381. The van der Waals surface area contributed by atoms with Gasteiger partial charge in [-0.3, -0.25) is 14.4 Å². The van der Waals surface area contributed by atoms with Gasteiger partial charge in [0.05, 0.1) is 0 Å². The molecular formula is C21H27NO5. The molecule has 0 saturated carbocycles. The average Bonchev–Trinajstić information content (AvgIpc) is 2.59. The summed E-state index contributed by atoms with van der Waals surface area (Å²) < 4.78 is 9.49. The normalized spacial score (nSPS) is 11.7. The predicted octanol–water partition coefficient (Wildman–Crippen LogP) is 3.02. The lowest BCUT2D eigenvalue weighted by Crippen LogP contribution is -2.39. The van der Waals surface area contributed by atoms with Crippen molar-refractivity contribution in [1.29, 1.82) is 0 Å². The maximum atomic E-state index is 11.4.